The summed E-state index contributed by atoms with van der Waals surface area (Å²) in [5, 5.41) is 0. The molecule has 0 aromatic carbocycles. The van der Waals surface area contributed by atoms with Gasteiger partial charge in [0.15, 0.2) is 0 Å². The predicted molar refractivity (Wildman–Crippen MR) is 92.1 cm³/mol. The highest BCUT2D eigenvalue weighted by atomic mass is 35.5. The summed E-state index contributed by atoms with van der Waals surface area (Å²) < 4.78 is 0. The molecule has 1 saturated heterocycles. The first kappa shape index (κ1) is 21.2. The van der Waals surface area contributed by atoms with Gasteiger partial charge in [0.05, 0.1) is 0 Å². The Balaban J connectivity index is 0.00000441. The number of likely N-dealkylation sites (tertiary alicyclic amines) is 1. The number of carbonyl (C=O) groups excluding carboxylic acids is 2. The smallest absolute Gasteiger partial charge is 0.222 e. The van der Waals surface area contributed by atoms with Crippen LogP contribution < -0.4 is 5.73 Å². The van der Waals surface area contributed by atoms with Crippen LogP contribution in [0.3, 0.4) is 0 Å². The average Bonchev–Trinajstić information content (AvgIpc) is 2.47. The minimum Gasteiger partial charge on any atom is -0.343 e. The van der Waals surface area contributed by atoms with Crippen molar-refractivity contribution in [2.24, 2.45) is 5.73 Å². The molecular weight excluding hydrogens is 302 g/mol. The van der Waals surface area contributed by atoms with Crippen LogP contribution >= 0.6 is 12.4 Å². The standard InChI is InChI=1S/C16H31N3O2.ClH/c1-3-10-18(11-4-2)15(20)6-5-7-16(21)19-12-8-14(17)9-13-19;/h14H,3-13,17H2,1-2H3;1H. The molecule has 0 atom stereocenters. The lowest BCUT2D eigenvalue weighted by molar-refractivity contribution is -0.133. The van der Waals surface area contributed by atoms with Gasteiger partial charge >= 0.3 is 0 Å². The molecule has 0 radical (unpaired) electrons. The summed E-state index contributed by atoms with van der Waals surface area (Å²) >= 11 is 0. The largest absolute Gasteiger partial charge is 0.343 e. The third-order valence-electron chi connectivity index (χ3n) is 4.01. The first-order chi connectivity index (χ1) is 10.1. The summed E-state index contributed by atoms with van der Waals surface area (Å²) in [4.78, 5) is 28.0. The van der Waals surface area contributed by atoms with Crippen molar-refractivity contribution < 1.29 is 9.59 Å². The van der Waals surface area contributed by atoms with Gasteiger partial charge < -0.3 is 15.5 Å². The van der Waals surface area contributed by atoms with Crippen LogP contribution in [-0.4, -0.2) is 53.8 Å². The Labute approximate surface area is 141 Å². The molecule has 0 spiro atoms. The Morgan fingerprint density at radius 2 is 1.64 bits per heavy atom. The second-order valence-electron chi connectivity index (χ2n) is 5.95. The summed E-state index contributed by atoms with van der Waals surface area (Å²) in [6.45, 7) is 7.35. The number of halogens is 1. The normalized spacial score (nSPS) is 15.3. The van der Waals surface area contributed by atoms with Crippen LogP contribution in [0.5, 0.6) is 0 Å². The van der Waals surface area contributed by atoms with Gasteiger partial charge in [0, 0.05) is 45.1 Å². The third kappa shape index (κ3) is 7.45. The molecule has 0 aromatic heterocycles. The number of nitrogens with zero attached hydrogens (tertiary/aromatic N) is 2. The summed E-state index contributed by atoms with van der Waals surface area (Å²) in [6, 6.07) is 0.243. The second kappa shape index (κ2) is 11.7. The molecule has 6 heteroatoms. The zero-order valence-corrected chi connectivity index (χ0v) is 14.9. The highest BCUT2D eigenvalue weighted by Gasteiger charge is 2.20. The van der Waals surface area contributed by atoms with Crippen LogP contribution in [0.2, 0.25) is 0 Å². The maximum atomic E-state index is 12.1. The third-order valence-corrected chi connectivity index (χ3v) is 4.01. The summed E-state index contributed by atoms with van der Waals surface area (Å²) in [5.41, 5.74) is 5.84. The second-order valence-corrected chi connectivity index (χ2v) is 5.95. The minimum atomic E-state index is 0. The van der Waals surface area contributed by atoms with E-state index < -0.39 is 0 Å². The molecule has 1 rings (SSSR count). The molecule has 0 unspecified atom stereocenters. The van der Waals surface area contributed by atoms with E-state index in [4.69, 9.17) is 5.73 Å². The highest BCUT2D eigenvalue weighted by molar-refractivity contribution is 5.85. The molecule has 2 amide bonds. The lowest BCUT2D eigenvalue weighted by Crippen LogP contribution is -2.42. The van der Waals surface area contributed by atoms with Gasteiger partial charge in [0.25, 0.3) is 0 Å². The Hall–Kier alpha value is -0.810. The first-order valence-corrected chi connectivity index (χ1v) is 8.39. The molecule has 1 aliphatic rings. The van der Waals surface area contributed by atoms with E-state index in [1.54, 1.807) is 0 Å². The molecule has 1 fully saturated rings. The molecule has 22 heavy (non-hydrogen) atoms. The number of rotatable bonds is 8. The Bertz CT molecular complexity index is 325. The number of piperidine rings is 1. The van der Waals surface area contributed by atoms with Gasteiger partial charge in [-0.15, -0.1) is 12.4 Å². The summed E-state index contributed by atoms with van der Waals surface area (Å²) in [5.74, 6) is 0.361. The van der Waals surface area contributed by atoms with Crippen LogP contribution in [0.15, 0.2) is 0 Å². The van der Waals surface area contributed by atoms with Crippen molar-refractivity contribution in [2.75, 3.05) is 26.2 Å². The van der Waals surface area contributed by atoms with Gasteiger partial charge in [-0.25, -0.2) is 0 Å². The van der Waals surface area contributed by atoms with Gasteiger partial charge in [-0.3, -0.25) is 9.59 Å². The van der Waals surface area contributed by atoms with Gasteiger partial charge in [-0.1, -0.05) is 13.8 Å². The Kier molecular flexibility index (Phi) is 11.3. The molecule has 0 bridgehead atoms. The molecule has 1 aliphatic heterocycles. The number of nitrogens with two attached hydrogens (primary N) is 1. The van der Waals surface area contributed by atoms with E-state index in [0.29, 0.717) is 19.3 Å². The van der Waals surface area contributed by atoms with Gasteiger partial charge in [-0.05, 0) is 32.1 Å². The van der Waals surface area contributed by atoms with Crippen molar-refractivity contribution >= 4 is 24.2 Å². The van der Waals surface area contributed by atoms with Crippen LogP contribution in [0.25, 0.3) is 0 Å². The zero-order chi connectivity index (χ0) is 15.7. The molecule has 0 aromatic rings. The van der Waals surface area contributed by atoms with Crippen LogP contribution in [0.4, 0.5) is 0 Å². The fraction of sp³-hybridized carbons (Fsp3) is 0.875. The molecular formula is C16H32ClN3O2. The SMILES string of the molecule is CCCN(CCC)C(=O)CCCC(=O)N1CCC(N)CC1.Cl. The molecule has 0 aliphatic carbocycles. The van der Waals surface area contributed by atoms with Crippen molar-refractivity contribution in [1.82, 2.24) is 9.80 Å². The number of hydrogen-bond acceptors (Lipinski definition) is 3. The van der Waals surface area contributed by atoms with E-state index in [-0.39, 0.29) is 30.3 Å². The fourth-order valence-electron chi connectivity index (χ4n) is 2.76. The van der Waals surface area contributed by atoms with Crippen molar-refractivity contribution in [3.05, 3.63) is 0 Å². The van der Waals surface area contributed by atoms with Gasteiger partial charge in [-0.2, -0.15) is 0 Å². The van der Waals surface area contributed by atoms with E-state index in [1.807, 2.05) is 9.80 Å². The van der Waals surface area contributed by atoms with E-state index in [0.717, 1.165) is 51.9 Å². The van der Waals surface area contributed by atoms with Gasteiger partial charge in [0.2, 0.25) is 11.8 Å². The van der Waals surface area contributed by atoms with E-state index in [2.05, 4.69) is 13.8 Å². The lowest BCUT2D eigenvalue weighted by Gasteiger charge is -2.30. The maximum Gasteiger partial charge on any atom is 0.222 e. The highest BCUT2D eigenvalue weighted by Crippen LogP contribution is 2.11. The molecule has 2 N–H and O–H groups in total. The topological polar surface area (TPSA) is 66.6 Å². The van der Waals surface area contributed by atoms with Crippen molar-refractivity contribution in [1.29, 1.82) is 0 Å². The van der Waals surface area contributed by atoms with Crippen molar-refractivity contribution in [3.8, 4) is 0 Å². The Morgan fingerprint density at radius 3 is 2.14 bits per heavy atom. The lowest BCUT2D eigenvalue weighted by atomic mass is 10.1. The van der Waals surface area contributed by atoms with E-state index in [1.165, 1.54) is 0 Å². The number of carbonyl (C=O) groups is 2. The Morgan fingerprint density at radius 1 is 1.09 bits per heavy atom. The average molecular weight is 334 g/mol. The van der Waals surface area contributed by atoms with E-state index >= 15 is 0 Å². The fourth-order valence-corrected chi connectivity index (χ4v) is 2.76. The van der Waals surface area contributed by atoms with Crippen LogP contribution in [-0.2, 0) is 9.59 Å². The predicted octanol–water partition coefficient (Wildman–Crippen LogP) is 2.18. The summed E-state index contributed by atoms with van der Waals surface area (Å²) in [6.07, 6.45) is 5.38. The first-order valence-electron chi connectivity index (χ1n) is 8.39. The van der Waals surface area contributed by atoms with Crippen LogP contribution in [0.1, 0.15) is 58.8 Å². The molecule has 1 heterocycles. The quantitative estimate of drug-likeness (QED) is 0.740. The number of amides is 2. The van der Waals surface area contributed by atoms with Crippen molar-refractivity contribution in [3.63, 3.8) is 0 Å². The van der Waals surface area contributed by atoms with E-state index in [9.17, 15) is 9.59 Å². The minimum absolute atomic E-state index is 0. The van der Waals surface area contributed by atoms with Crippen LogP contribution in [0, 0.1) is 0 Å². The van der Waals surface area contributed by atoms with Gasteiger partial charge in [0.1, 0.15) is 0 Å². The monoisotopic (exact) mass is 333 g/mol. The molecule has 0 saturated carbocycles. The molecule has 5 nitrogen and oxygen atoms in total. The maximum absolute atomic E-state index is 12.1. The van der Waals surface area contributed by atoms with Crippen molar-refractivity contribution in [2.45, 2.75) is 64.8 Å². The molecule has 130 valence electrons. The zero-order valence-electron chi connectivity index (χ0n) is 14.1. The summed E-state index contributed by atoms with van der Waals surface area (Å²) in [7, 11) is 0. The number of hydrogen-bond donors (Lipinski definition) is 1.